The first kappa shape index (κ1) is 15.3. The number of halogens is 2. The van der Waals surface area contributed by atoms with Crippen molar-refractivity contribution in [2.24, 2.45) is 0 Å². The van der Waals surface area contributed by atoms with Gasteiger partial charge in [0, 0.05) is 22.1 Å². The van der Waals surface area contributed by atoms with Gasteiger partial charge in [-0.05, 0) is 44.5 Å². The van der Waals surface area contributed by atoms with Crippen molar-refractivity contribution >= 4 is 29.2 Å². The molecule has 0 amide bonds. The highest BCUT2D eigenvalue weighted by atomic mass is 35.5. The molecule has 0 fully saturated rings. The van der Waals surface area contributed by atoms with Gasteiger partial charge in [-0.2, -0.15) is 0 Å². The first-order valence-electron chi connectivity index (χ1n) is 5.75. The van der Waals surface area contributed by atoms with Crippen LogP contribution in [0.15, 0.2) is 18.2 Å². The van der Waals surface area contributed by atoms with Crippen molar-refractivity contribution in [2.45, 2.75) is 32.9 Å². The summed E-state index contributed by atoms with van der Waals surface area (Å²) in [5, 5.41) is 10.1. The molecule has 1 aromatic carbocycles. The van der Waals surface area contributed by atoms with Crippen molar-refractivity contribution in [1.82, 2.24) is 4.90 Å². The van der Waals surface area contributed by atoms with Gasteiger partial charge in [0.05, 0.1) is 6.54 Å². The van der Waals surface area contributed by atoms with Gasteiger partial charge in [0.25, 0.3) is 0 Å². The summed E-state index contributed by atoms with van der Waals surface area (Å²) in [6.45, 7) is 5.82. The Morgan fingerprint density at radius 3 is 2.44 bits per heavy atom. The maximum atomic E-state index is 10.9. The van der Waals surface area contributed by atoms with Crippen LogP contribution in [0.4, 0.5) is 0 Å². The van der Waals surface area contributed by atoms with E-state index in [4.69, 9.17) is 28.3 Å². The summed E-state index contributed by atoms with van der Waals surface area (Å²) in [5.74, 6) is -0.853. The molecule has 100 valence electrons. The van der Waals surface area contributed by atoms with Crippen LogP contribution in [0, 0.1) is 0 Å². The minimum Gasteiger partial charge on any atom is -0.480 e. The molecule has 0 bridgehead atoms. The quantitative estimate of drug-likeness (QED) is 0.895. The van der Waals surface area contributed by atoms with Crippen molar-refractivity contribution in [1.29, 1.82) is 0 Å². The largest absolute Gasteiger partial charge is 0.480 e. The molecule has 1 aromatic rings. The van der Waals surface area contributed by atoms with Crippen LogP contribution in [0.25, 0.3) is 0 Å². The van der Waals surface area contributed by atoms with Gasteiger partial charge in [0.1, 0.15) is 0 Å². The highest BCUT2D eigenvalue weighted by Gasteiger charge is 2.23. The maximum absolute atomic E-state index is 10.9. The number of hydrogen-bond donors (Lipinski definition) is 1. The molecule has 5 heteroatoms. The average molecular weight is 290 g/mol. The molecule has 1 atom stereocenters. The highest BCUT2D eigenvalue weighted by molar-refractivity contribution is 6.33. The van der Waals surface area contributed by atoms with Gasteiger partial charge >= 0.3 is 5.97 Å². The zero-order valence-corrected chi connectivity index (χ0v) is 12.2. The van der Waals surface area contributed by atoms with Crippen molar-refractivity contribution in [3.63, 3.8) is 0 Å². The standard InChI is InChI=1S/C13H17Cl2NO2/c1-8(2)16(7-13(17)18)9(3)11-6-10(14)4-5-12(11)15/h4-6,8-9H,7H2,1-3H3,(H,17,18). The van der Waals surface area contributed by atoms with Crippen LogP contribution in [-0.4, -0.2) is 28.6 Å². The fraction of sp³-hybridized carbons (Fsp3) is 0.462. The zero-order valence-electron chi connectivity index (χ0n) is 10.7. The molecular weight excluding hydrogens is 273 g/mol. The van der Waals surface area contributed by atoms with Gasteiger partial charge in [0.15, 0.2) is 0 Å². The van der Waals surface area contributed by atoms with Crippen LogP contribution in [-0.2, 0) is 4.79 Å². The van der Waals surface area contributed by atoms with Crippen molar-refractivity contribution in [3.05, 3.63) is 33.8 Å². The molecule has 1 rings (SSSR count). The van der Waals surface area contributed by atoms with Crippen LogP contribution < -0.4 is 0 Å². The molecule has 3 nitrogen and oxygen atoms in total. The maximum Gasteiger partial charge on any atom is 0.317 e. The van der Waals surface area contributed by atoms with Crippen LogP contribution in [0.1, 0.15) is 32.4 Å². The Morgan fingerprint density at radius 2 is 1.94 bits per heavy atom. The Hall–Kier alpha value is -0.770. The Labute approximate surface area is 117 Å². The van der Waals surface area contributed by atoms with Crippen LogP contribution >= 0.6 is 23.2 Å². The lowest BCUT2D eigenvalue weighted by Crippen LogP contribution is -2.37. The van der Waals surface area contributed by atoms with Crippen molar-refractivity contribution < 1.29 is 9.90 Å². The number of nitrogens with zero attached hydrogens (tertiary/aromatic N) is 1. The summed E-state index contributed by atoms with van der Waals surface area (Å²) in [6.07, 6.45) is 0. The van der Waals surface area contributed by atoms with Gasteiger partial charge in [-0.3, -0.25) is 9.69 Å². The number of rotatable bonds is 5. The lowest BCUT2D eigenvalue weighted by Gasteiger charge is -2.32. The van der Waals surface area contributed by atoms with Crippen LogP contribution in [0.3, 0.4) is 0 Å². The van der Waals surface area contributed by atoms with E-state index in [9.17, 15) is 4.79 Å². The van der Waals surface area contributed by atoms with E-state index in [2.05, 4.69) is 0 Å². The molecule has 1 N–H and O–H groups in total. The Bertz CT molecular complexity index is 435. The fourth-order valence-electron chi connectivity index (χ4n) is 1.94. The van der Waals surface area contributed by atoms with Crippen molar-refractivity contribution in [2.75, 3.05) is 6.54 Å². The molecule has 0 aliphatic carbocycles. The summed E-state index contributed by atoms with van der Waals surface area (Å²) in [6, 6.07) is 5.23. The number of benzene rings is 1. The fourth-order valence-corrected chi connectivity index (χ4v) is 2.39. The number of carbonyl (C=O) groups is 1. The highest BCUT2D eigenvalue weighted by Crippen LogP contribution is 2.30. The van der Waals surface area contributed by atoms with Gasteiger partial charge in [-0.1, -0.05) is 23.2 Å². The molecule has 0 heterocycles. The molecule has 0 saturated heterocycles. The van der Waals surface area contributed by atoms with Crippen LogP contribution in [0.5, 0.6) is 0 Å². The number of carboxylic acid groups (broad SMARTS) is 1. The molecule has 0 spiro atoms. The molecular formula is C13H17Cl2NO2. The van der Waals surface area contributed by atoms with E-state index in [0.29, 0.717) is 10.0 Å². The molecule has 0 radical (unpaired) electrons. The molecule has 1 unspecified atom stereocenters. The smallest absolute Gasteiger partial charge is 0.317 e. The summed E-state index contributed by atoms with van der Waals surface area (Å²) in [4.78, 5) is 12.8. The summed E-state index contributed by atoms with van der Waals surface area (Å²) < 4.78 is 0. The average Bonchev–Trinajstić information content (AvgIpc) is 2.27. The summed E-state index contributed by atoms with van der Waals surface area (Å²) in [5.41, 5.74) is 0.846. The molecule has 0 aliphatic heterocycles. The Balaban J connectivity index is 3.04. The molecule has 0 aliphatic rings. The minimum atomic E-state index is -0.853. The van der Waals surface area contributed by atoms with Crippen molar-refractivity contribution in [3.8, 4) is 0 Å². The molecule has 0 aromatic heterocycles. The Kier molecular flexibility index (Phi) is 5.45. The summed E-state index contributed by atoms with van der Waals surface area (Å²) >= 11 is 12.1. The first-order valence-corrected chi connectivity index (χ1v) is 6.51. The number of carboxylic acids is 1. The van der Waals surface area contributed by atoms with E-state index in [0.717, 1.165) is 5.56 Å². The second-order valence-electron chi connectivity index (χ2n) is 4.50. The van der Waals surface area contributed by atoms with Gasteiger partial charge in [-0.15, -0.1) is 0 Å². The number of aliphatic carboxylic acids is 1. The van der Waals surface area contributed by atoms with E-state index in [1.165, 1.54) is 0 Å². The van der Waals surface area contributed by atoms with Gasteiger partial charge < -0.3 is 5.11 Å². The predicted octanol–water partition coefficient (Wildman–Crippen LogP) is 3.85. The minimum absolute atomic E-state index is 0.0261. The molecule has 18 heavy (non-hydrogen) atoms. The molecule has 0 saturated carbocycles. The van der Waals surface area contributed by atoms with E-state index < -0.39 is 5.97 Å². The zero-order chi connectivity index (χ0) is 13.9. The first-order chi connectivity index (χ1) is 8.32. The third-order valence-corrected chi connectivity index (χ3v) is 3.47. The van der Waals surface area contributed by atoms with E-state index in [-0.39, 0.29) is 18.6 Å². The van der Waals surface area contributed by atoms with E-state index in [1.807, 2.05) is 25.7 Å². The topological polar surface area (TPSA) is 40.5 Å². The van der Waals surface area contributed by atoms with Crippen LogP contribution in [0.2, 0.25) is 10.0 Å². The predicted molar refractivity (Wildman–Crippen MR) is 74.4 cm³/mol. The number of hydrogen-bond acceptors (Lipinski definition) is 2. The lowest BCUT2D eigenvalue weighted by molar-refractivity contribution is -0.139. The monoisotopic (exact) mass is 289 g/mol. The second kappa shape index (κ2) is 6.41. The third kappa shape index (κ3) is 3.87. The van der Waals surface area contributed by atoms with E-state index in [1.54, 1.807) is 18.2 Å². The van der Waals surface area contributed by atoms with Gasteiger partial charge in [0.2, 0.25) is 0 Å². The third-order valence-electron chi connectivity index (χ3n) is 2.89. The summed E-state index contributed by atoms with van der Waals surface area (Å²) in [7, 11) is 0. The Morgan fingerprint density at radius 1 is 1.33 bits per heavy atom. The normalized spacial score (nSPS) is 13.1. The SMILES string of the molecule is CC(C)N(CC(=O)O)C(C)c1cc(Cl)ccc1Cl. The second-order valence-corrected chi connectivity index (χ2v) is 5.35. The van der Waals surface area contributed by atoms with Gasteiger partial charge in [-0.25, -0.2) is 0 Å². The van der Waals surface area contributed by atoms with E-state index >= 15 is 0 Å². The lowest BCUT2D eigenvalue weighted by atomic mass is 10.1.